The van der Waals surface area contributed by atoms with E-state index in [4.69, 9.17) is 5.73 Å². The summed E-state index contributed by atoms with van der Waals surface area (Å²) in [7, 11) is 0. The van der Waals surface area contributed by atoms with Crippen LogP contribution in [0.5, 0.6) is 0 Å². The van der Waals surface area contributed by atoms with Crippen molar-refractivity contribution in [3.8, 4) is 34.5 Å². The highest BCUT2D eigenvalue weighted by molar-refractivity contribution is 5.86. The molecule has 0 unspecified atom stereocenters. The molecule has 1 aromatic carbocycles. The third-order valence-corrected chi connectivity index (χ3v) is 4.48. The van der Waals surface area contributed by atoms with Crippen molar-refractivity contribution in [1.29, 1.82) is 10.5 Å². The SMILES string of the molecule is N#Cc1c(N)nc(-c2cnn(CCC(F)(F)F)c2)c(C#N)c1-c1ccc(C(F)(F)F)cc1. The average molecular weight is 450 g/mol. The van der Waals surface area contributed by atoms with Crippen LogP contribution in [0.1, 0.15) is 23.1 Å². The van der Waals surface area contributed by atoms with E-state index in [9.17, 15) is 36.9 Å². The van der Waals surface area contributed by atoms with Crippen molar-refractivity contribution in [2.75, 3.05) is 5.73 Å². The molecule has 2 N–H and O–H groups in total. The monoisotopic (exact) mass is 450 g/mol. The second kappa shape index (κ2) is 8.23. The molecule has 0 aliphatic heterocycles. The van der Waals surface area contributed by atoms with Crippen molar-refractivity contribution in [2.24, 2.45) is 0 Å². The Bertz CT molecular complexity index is 1230. The number of aryl methyl sites for hydroxylation is 1. The van der Waals surface area contributed by atoms with Crippen LogP contribution in [0.3, 0.4) is 0 Å². The van der Waals surface area contributed by atoms with Crippen LogP contribution in [-0.4, -0.2) is 20.9 Å². The maximum absolute atomic E-state index is 12.9. The number of hydrogen-bond donors (Lipinski definition) is 1. The van der Waals surface area contributed by atoms with Crippen molar-refractivity contribution in [2.45, 2.75) is 25.3 Å². The minimum absolute atomic E-state index is 0.0331. The number of anilines is 1. The first kappa shape index (κ1) is 22.6. The molecule has 3 aromatic rings. The Kier molecular flexibility index (Phi) is 5.82. The molecule has 0 aliphatic rings. The fourth-order valence-corrected chi connectivity index (χ4v) is 3.00. The summed E-state index contributed by atoms with van der Waals surface area (Å²) in [5.41, 5.74) is 4.73. The zero-order valence-electron chi connectivity index (χ0n) is 16.0. The first-order valence-electron chi connectivity index (χ1n) is 8.85. The summed E-state index contributed by atoms with van der Waals surface area (Å²) in [6, 6.07) is 7.44. The molecule has 0 atom stereocenters. The Morgan fingerprint density at radius 3 is 2.09 bits per heavy atom. The van der Waals surface area contributed by atoms with Gasteiger partial charge >= 0.3 is 12.4 Å². The molecule has 2 heterocycles. The minimum atomic E-state index is -4.58. The Labute approximate surface area is 177 Å². The van der Waals surface area contributed by atoms with E-state index in [0.717, 1.165) is 28.9 Å². The lowest BCUT2D eigenvalue weighted by molar-refractivity contribution is -0.138. The molecule has 0 saturated carbocycles. The van der Waals surface area contributed by atoms with Crippen LogP contribution in [0.15, 0.2) is 36.7 Å². The van der Waals surface area contributed by atoms with Gasteiger partial charge in [-0.1, -0.05) is 12.1 Å². The molecule has 0 spiro atoms. The van der Waals surface area contributed by atoms with E-state index in [1.807, 2.05) is 6.07 Å². The molecule has 164 valence electrons. The van der Waals surface area contributed by atoms with E-state index in [1.54, 1.807) is 6.07 Å². The summed E-state index contributed by atoms with van der Waals surface area (Å²) in [6.45, 7) is -0.469. The van der Waals surface area contributed by atoms with Crippen LogP contribution in [-0.2, 0) is 12.7 Å². The van der Waals surface area contributed by atoms with Gasteiger partial charge in [0.05, 0.1) is 29.4 Å². The van der Waals surface area contributed by atoms with Gasteiger partial charge in [-0.05, 0) is 17.7 Å². The van der Waals surface area contributed by atoms with Gasteiger partial charge in [0.1, 0.15) is 23.5 Å². The van der Waals surface area contributed by atoms with Gasteiger partial charge in [0.25, 0.3) is 0 Å². The summed E-state index contributed by atoms with van der Waals surface area (Å²) in [6.07, 6.45) is -7.68. The van der Waals surface area contributed by atoms with E-state index in [2.05, 4.69) is 10.1 Å². The smallest absolute Gasteiger partial charge is 0.383 e. The lowest BCUT2D eigenvalue weighted by atomic mass is 9.92. The van der Waals surface area contributed by atoms with Gasteiger partial charge in [0, 0.05) is 23.9 Å². The summed E-state index contributed by atoms with van der Waals surface area (Å²) < 4.78 is 77.0. The molecular formula is C20H12F6N6. The molecule has 0 aliphatic carbocycles. The largest absolute Gasteiger partial charge is 0.416 e. The standard InChI is InChI=1S/C20H12F6N6/c21-19(22,23)5-6-32-10-12(9-30-32)17-14(7-27)16(15(8-28)18(29)31-17)11-1-3-13(4-2-11)20(24,25)26/h1-4,9-10H,5-6H2,(H2,29,31). The first-order chi connectivity index (χ1) is 14.9. The van der Waals surface area contributed by atoms with Crippen LogP contribution >= 0.6 is 0 Å². The number of alkyl halides is 6. The summed E-state index contributed by atoms with van der Waals surface area (Å²) in [4.78, 5) is 4.03. The Morgan fingerprint density at radius 1 is 0.938 bits per heavy atom. The quantitative estimate of drug-likeness (QED) is 0.569. The number of hydrogen-bond acceptors (Lipinski definition) is 5. The van der Waals surface area contributed by atoms with E-state index in [1.165, 1.54) is 12.4 Å². The van der Waals surface area contributed by atoms with Crippen LogP contribution < -0.4 is 5.73 Å². The second-order valence-electron chi connectivity index (χ2n) is 6.63. The van der Waals surface area contributed by atoms with Gasteiger partial charge in [-0.2, -0.15) is 42.0 Å². The molecule has 32 heavy (non-hydrogen) atoms. The number of nitrogens with two attached hydrogens (primary N) is 1. The van der Waals surface area contributed by atoms with E-state index in [-0.39, 0.29) is 39.3 Å². The predicted molar refractivity (Wildman–Crippen MR) is 100 cm³/mol. The highest BCUT2D eigenvalue weighted by atomic mass is 19.4. The minimum Gasteiger partial charge on any atom is -0.383 e. The maximum atomic E-state index is 12.9. The zero-order valence-corrected chi connectivity index (χ0v) is 16.0. The topological polar surface area (TPSA) is 104 Å². The summed E-state index contributed by atoms with van der Waals surface area (Å²) in [5.74, 6) is -0.292. The lowest BCUT2D eigenvalue weighted by Gasteiger charge is -2.13. The Morgan fingerprint density at radius 2 is 1.56 bits per heavy atom. The normalized spacial score (nSPS) is 11.8. The van der Waals surface area contributed by atoms with Gasteiger partial charge in [0.2, 0.25) is 0 Å². The maximum Gasteiger partial charge on any atom is 0.416 e. The molecule has 0 bridgehead atoms. The van der Waals surface area contributed by atoms with Gasteiger partial charge in [0.15, 0.2) is 0 Å². The van der Waals surface area contributed by atoms with Gasteiger partial charge in [-0.15, -0.1) is 0 Å². The molecule has 0 fully saturated rings. The van der Waals surface area contributed by atoms with Crippen LogP contribution in [0.2, 0.25) is 0 Å². The van der Waals surface area contributed by atoms with Crippen molar-refractivity contribution in [1.82, 2.24) is 14.8 Å². The highest BCUT2D eigenvalue weighted by Gasteiger charge is 2.31. The predicted octanol–water partition coefficient (Wildman–Crippen LogP) is 4.91. The molecule has 3 rings (SSSR count). The average Bonchev–Trinajstić information content (AvgIpc) is 3.19. The van der Waals surface area contributed by atoms with Crippen LogP contribution in [0.25, 0.3) is 22.4 Å². The van der Waals surface area contributed by atoms with E-state index >= 15 is 0 Å². The second-order valence-corrected chi connectivity index (χ2v) is 6.63. The number of halogens is 6. The Balaban J connectivity index is 2.13. The van der Waals surface area contributed by atoms with Crippen molar-refractivity contribution >= 4 is 5.82 Å². The number of pyridine rings is 1. The number of aromatic nitrogens is 3. The molecule has 2 aromatic heterocycles. The summed E-state index contributed by atoms with van der Waals surface area (Å²) in [5, 5.41) is 23.1. The van der Waals surface area contributed by atoms with Gasteiger partial charge < -0.3 is 5.73 Å². The number of nitriles is 2. The first-order valence-corrected chi connectivity index (χ1v) is 8.85. The van der Waals surface area contributed by atoms with E-state index in [0.29, 0.717) is 0 Å². The van der Waals surface area contributed by atoms with Crippen molar-refractivity contribution in [3.63, 3.8) is 0 Å². The molecule has 12 heteroatoms. The Hall–Kier alpha value is -4.06. The van der Waals surface area contributed by atoms with E-state index < -0.39 is 30.9 Å². The number of benzene rings is 1. The number of nitrogens with zero attached hydrogens (tertiary/aromatic N) is 5. The summed E-state index contributed by atoms with van der Waals surface area (Å²) >= 11 is 0. The lowest BCUT2D eigenvalue weighted by Crippen LogP contribution is -2.12. The van der Waals surface area contributed by atoms with Crippen molar-refractivity contribution in [3.05, 3.63) is 53.3 Å². The highest BCUT2D eigenvalue weighted by Crippen LogP contribution is 2.37. The number of rotatable bonds is 4. The molecule has 0 saturated heterocycles. The van der Waals surface area contributed by atoms with Gasteiger partial charge in [-0.25, -0.2) is 4.98 Å². The fraction of sp³-hybridized carbons (Fsp3) is 0.200. The molecular weight excluding hydrogens is 438 g/mol. The van der Waals surface area contributed by atoms with Gasteiger partial charge in [-0.3, -0.25) is 4.68 Å². The van der Waals surface area contributed by atoms with Crippen molar-refractivity contribution < 1.29 is 26.3 Å². The van der Waals surface area contributed by atoms with Crippen LogP contribution in [0.4, 0.5) is 32.2 Å². The third-order valence-electron chi connectivity index (χ3n) is 4.48. The molecule has 6 nitrogen and oxygen atoms in total. The van der Waals surface area contributed by atoms with Crippen LogP contribution in [0, 0.1) is 22.7 Å². The third kappa shape index (κ3) is 4.64. The number of nitrogen functional groups attached to an aromatic ring is 1. The zero-order chi connectivity index (χ0) is 23.7. The molecule has 0 radical (unpaired) electrons. The molecule has 0 amide bonds. The fourth-order valence-electron chi connectivity index (χ4n) is 3.00.